The Balaban J connectivity index is 1.48. The largest absolute Gasteiger partial charge is 0.355 e. The third kappa shape index (κ3) is 5.82. The van der Waals surface area contributed by atoms with E-state index >= 15 is 0 Å². The molecular formula is C25H29N5O2S. The molecule has 2 aromatic carbocycles. The Morgan fingerprint density at radius 2 is 1.85 bits per heavy atom. The van der Waals surface area contributed by atoms with E-state index in [9.17, 15) is 9.59 Å². The molecule has 0 saturated heterocycles. The molecule has 3 aromatic rings. The maximum absolute atomic E-state index is 12.8. The molecule has 0 radical (unpaired) electrons. The van der Waals surface area contributed by atoms with Crippen molar-refractivity contribution in [1.82, 2.24) is 20.1 Å². The van der Waals surface area contributed by atoms with Crippen molar-refractivity contribution in [2.24, 2.45) is 0 Å². The SMILES string of the molecule is CC(=O)Nc1cccc(-n2c(SC(C)C(=O)NCC(C)c3ccccc3)nnc2C2CC2)c1. The lowest BCUT2D eigenvalue weighted by Crippen LogP contribution is -2.33. The summed E-state index contributed by atoms with van der Waals surface area (Å²) in [5.41, 5.74) is 2.79. The fourth-order valence-electron chi connectivity index (χ4n) is 3.64. The second kappa shape index (κ2) is 10.2. The zero-order valence-electron chi connectivity index (χ0n) is 19.1. The van der Waals surface area contributed by atoms with Crippen molar-refractivity contribution in [3.8, 4) is 5.69 Å². The van der Waals surface area contributed by atoms with E-state index in [2.05, 4.69) is 39.9 Å². The maximum atomic E-state index is 12.8. The fraction of sp³-hybridized carbons (Fsp3) is 0.360. The van der Waals surface area contributed by atoms with Crippen LogP contribution < -0.4 is 10.6 Å². The molecule has 2 N–H and O–H groups in total. The summed E-state index contributed by atoms with van der Waals surface area (Å²) >= 11 is 1.40. The molecule has 172 valence electrons. The van der Waals surface area contributed by atoms with Crippen LogP contribution in [0.15, 0.2) is 59.8 Å². The lowest BCUT2D eigenvalue weighted by molar-refractivity contribution is -0.120. The minimum atomic E-state index is -0.332. The molecular weight excluding hydrogens is 434 g/mol. The van der Waals surface area contributed by atoms with Gasteiger partial charge in [0.1, 0.15) is 5.82 Å². The standard InChI is InChI=1S/C25H29N5O2S/c1-16(19-8-5-4-6-9-19)15-26-24(32)17(2)33-25-29-28-23(20-12-13-20)30(25)22-11-7-10-21(14-22)27-18(3)31/h4-11,14,16-17,20H,12-13,15H2,1-3H3,(H,26,32)(H,27,31). The van der Waals surface area contributed by atoms with Crippen LogP contribution in [0.1, 0.15) is 56.8 Å². The molecule has 1 aliphatic carbocycles. The molecule has 4 rings (SSSR count). The number of hydrogen-bond donors (Lipinski definition) is 2. The number of aromatic nitrogens is 3. The molecule has 2 amide bonds. The molecule has 1 aliphatic rings. The summed E-state index contributed by atoms with van der Waals surface area (Å²) in [5, 5.41) is 15.1. The summed E-state index contributed by atoms with van der Waals surface area (Å²) < 4.78 is 2.02. The van der Waals surface area contributed by atoms with Gasteiger partial charge in [-0.2, -0.15) is 0 Å². The van der Waals surface area contributed by atoms with E-state index in [1.807, 2.05) is 54.0 Å². The number of nitrogens with zero attached hydrogens (tertiary/aromatic N) is 3. The van der Waals surface area contributed by atoms with Crippen molar-refractivity contribution in [3.05, 3.63) is 66.0 Å². The van der Waals surface area contributed by atoms with Gasteiger partial charge in [0.25, 0.3) is 0 Å². The van der Waals surface area contributed by atoms with Crippen molar-refractivity contribution in [2.45, 2.75) is 55.9 Å². The smallest absolute Gasteiger partial charge is 0.233 e. The van der Waals surface area contributed by atoms with Crippen LogP contribution in [0.2, 0.25) is 0 Å². The lowest BCUT2D eigenvalue weighted by Gasteiger charge is -2.17. The summed E-state index contributed by atoms with van der Waals surface area (Å²) in [5.74, 6) is 1.36. The Hall–Kier alpha value is -3.13. The number of nitrogens with one attached hydrogen (secondary N) is 2. The molecule has 2 unspecified atom stereocenters. The van der Waals surface area contributed by atoms with Crippen molar-refractivity contribution in [1.29, 1.82) is 0 Å². The third-order valence-corrected chi connectivity index (χ3v) is 6.67. The van der Waals surface area contributed by atoms with E-state index in [0.717, 1.165) is 24.4 Å². The van der Waals surface area contributed by atoms with Crippen LogP contribution in [0.5, 0.6) is 0 Å². The van der Waals surface area contributed by atoms with Gasteiger partial charge in [0.05, 0.1) is 10.9 Å². The van der Waals surface area contributed by atoms with E-state index < -0.39 is 0 Å². The van der Waals surface area contributed by atoms with Crippen LogP contribution in [-0.2, 0) is 9.59 Å². The Labute approximate surface area is 198 Å². The highest BCUT2D eigenvalue weighted by molar-refractivity contribution is 8.00. The molecule has 2 atom stereocenters. The monoisotopic (exact) mass is 463 g/mol. The zero-order valence-corrected chi connectivity index (χ0v) is 19.9. The first kappa shape index (κ1) is 23.0. The number of rotatable bonds is 9. The van der Waals surface area contributed by atoms with Gasteiger partial charge in [-0.15, -0.1) is 10.2 Å². The van der Waals surface area contributed by atoms with E-state index in [-0.39, 0.29) is 23.0 Å². The van der Waals surface area contributed by atoms with Gasteiger partial charge < -0.3 is 10.6 Å². The molecule has 33 heavy (non-hydrogen) atoms. The summed E-state index contributed by atoms with van der Waals surface area (Å²) in [6, 6.07) is 17.8. The van der Waals surface area contributed by atoms with Gasteiger partial charge in [-0.05, 0) is 49.4 Å². The van der Waals surface area contributed by atoms with Gasteiger partial charge in [-0.3, -0.25) is 14.2 Å². The second-order valence-corrected chi connectivity index (χ2v) is 9.81. The van der Waals surface area contributed by atoms with Gasteiger partial charge in [0, 0.05) is 25.1 Å². The van der Waals surface area contributed by atoms with Gasteiger partial charge >= 0.3 is 0 Å². The van der Waals surface area contributed by atoms with Crippen LogP contribution in [0.4, 0.5) is 5.69 Å². The molecule has 1 fully saturated rings. The first-order valence-electron chi connectivity index (χ1n) is 11.2. The molecule has 0 aliphatic heterocycles. The van der Waals surface area contributed by atoms with Crippen LogP contribution in [0.25, 0.3) is 5.69 Å². The van der Waals surface area contributed by atoms with Crippen molar-refractivity contribution in [3.63, 3.8) is 0 Å². The number of benzene rings is 2. The fourth-order valence-corrected chi connectivity index (χ4v) is 4.54. The van der Waals surface area contributed by atoms with Crippen molar-refractivity contribution in [2.75, 3.05) is 11.9 Å². The maximum Gasteiger partial charge on any atom is 0.233 e. The Morgan fingerprint density at radius 1 is 1.09 bits per heavy atom. The molecule has 7 nitrogen and oxygen atoms in total. The summed E-state index contributed by atoms with van der Waals surface area (Å²) in [4.78, 5) is 24.3. The normalized spacial score (nSPS) is 15.0. The minimum absolute atomic E-state index is 0.0303. The van der Waals surface area contributed by atoms with Crippen molar-refractivity contribution >= 4 is 29.3 Å². The predicted molar refractivity (Wildman–Crippen MR) is 131 cm³/mol. The highest BCUT2D eigenvalue weighted by Crippen LogP contribution is 2.41. The number of carbonyl (C=O) groups excluding carboxylic acids is 2. The quantitative estimate of drug-likeness (QED) is 0.456. The Kier molecular flexibility index (Phi) is 7.13. The Morgan fingerprint density at radius 3 is 2.55 bits per heavy atom. The van der Waals surface area contributed by atoms with Crippen LogP contribution in [-0.4, -0.2) is 38.4 Å². The number of carbonyl (C=O) groups is 2. The number of anilines is 1. The molecule has 0 bridgehead atoms. The van der Waals surface area contributed by atoms with Crippen LogP contribution >= 0.6 is 11.8 Å². The topological polar surface area (TPSA) is 88.9 Å². The average Bonchev–Trinajstić information content (AvgIpc) is 3.57. The summed E-state index contributed by atoms with van der Waals surface area (Å²) in [7, 11) is 0. The molecule has 8 heteroatoms. The molecule has 1 aromatic heterocycles. The van der Waals surface area contributed by atoms with Gasteiger partial charge in [0.2, 0.25) is 11.8 Å². The molecule has 0 spiro atoms. The predicted octanol–water partition coefficient (Wildman–Crippen LogP) is 4.50. The van der Waals surface area contributed by atoms with E-state index in [4.69, 9.17) is 0 Å². The number of amides is 2. The average molecular weight is 464 g/mol. The van der Waals surface area contributed by atoms with Gasteiger partial charge in [0.15, 0.2) is 5.16 Å². The van der Waals surface area contributed by atoms with Gasteiger partial charge in [-0.25, -0.2) is 0 Å². The number of thioether (sulfide) groups is 1. The van der Waals surface area contributed by atoms with E-state index in [1.54, 1.807) is 0 Å². The highest BCUT2D eigenvalue weighted by Gasteiger charge is 2.32. The van der Waals surface area contributed by atoms with Gasteiger partial charge in [-0.1, -0.05) is 55.1 Å². The number of hydrogen-bond acceptors (Lipinski definition) is 5. The van der Waals surface area contributed by atoms with Crippen molar-refractivity contribution < 1.29 is 9.59 Å². The summed E-state index contributed by atoms with van der Waals surface area (Å²) in [6.07, 6.45) is 2.17. The minimum Gasteiger partial charge on any atom is -0.355 e. The zero-order chi connectivity index (χ0) is 23.4. The Bertz CT molecular complexity index is 1130. The highest BCUT2D eigenvalue weighted by atomic mass is 32.2. The first-order chi connectivity index (χ1) is 15.9. The third-order valence-electron chi connectivity index (χ3n) is 5.63. The lowest BCUT2D eigenvalue weighted by atomic mass is 10.0. The first-order valence-corrected chi connectivity index (χ1v) is 12.1. The van der Waals surface area contributed by atoms with Crippen LogP contribution in [0.3, 0.4) is 0 Å². The molecule has 1 saturated carbocycles. The van der Waals surface area contributed by atoms with E-state index in [1.165, 1.54) is 24.2 Å². The summed E-state index contributed by atoms with van der Waals surface area (Å²) in [6.45, 7) is 6.05. The molecule has 1 heterocycles. The van der Waals surface area contributed by atoms with Crippen LogP contribution in [0, 0.1) is 0 Å². The second-order valence-electron chi connectivity index (χ2n) is 8.50. The van der Waals surface area contributed by atoms with E-state index in [0.29, 0.717) is 23.3 Å².